The number of aromatic nitrogens is 2. The first-order valence-electron chi connectivity index (χ1n) is 6.67. The molecule has 5 nitrogen and oxygen atoms in total. The van der Waals surface area contributed by atoms with Crippen molar-refractivity contribution in [3.8, 4) is 0 Å². The van der Waals surface area contributed by atoms with Gasteiger partial charge in [0.25, 0.3) is 0 Å². The van der Waals surface area contributed by atoms with Crippen LogP contribution in [0.5, 0.6) is 0 Å². The molecule has 0 aromatic carbocycles. The Balaban J connectivity index is 1.81. The van der Waals surface area contributed by atoms with Crippen LogP contribution in [0.4, 0.5) is 5.82 Å². The van der Waals surface area contributed by atoms with E-state index >= 15 is 0 Å². The van der Waals surface area contributed by atoms with Crippen LogP contribution in [-0.2, 0) is 0 Å². The van der Waals surface area contributed by atoms with E-state index in [4.69, 9.17) is 0 Å². The van der Waals surface area contributed by atoms with Gasteiger partial charge in [0, 0.05) is 31.8 Å². The Bertz CT molecular complexity index is 391. The molecule has 1 aromatic heterocycles. The van der Waals surface area contributed by atoms with Crippen molar-refractivity contribution in [3.63, 3.8) is 0 Å². The fourth-order valence-electron chi connectivity index (χ4n) is 3.42. The van der Waals surface area contributed by atoms with Gasteiger partial charge in [-0.05, 0) is 37.4 Å². The lowest BCUT2D eigenvalue weighted by Gasteiger charge is -2.37. The average Bonchev–Trinajstić information content (AvgIpc) is 2.79. The highest BCUT2D eigenvalue weighted by molar-refractivity contribution is 5.39. The molecule has 0 amide bonds. The van der Waals surface area contributed by atoms with Crippen molar-refractivity contribution in [2.24, 2.45) is 11.3 Å². The Morgan fingerprint density at radius 2 is 2.28 bits per heavy atom. The molecule has 2 saturated heterocycles. The molecular formula is C13H20N4O. The maximum atomic E-state index is 9.67. The molecule has 2 N–H and O–H groups in total. The SMILES string of the molecule is OC[C@@H]1CN(c2ccncn2)CC12CCNCC2. The Labute approximate surface area is 107 Å². The summed E-state index contributed by atoms with van der Waals surface area (Å²) >= 11 is 0. The Morgan fingerprint density at radius 3 is 2.94 bits per heavy atom. The highest BCUT2D eigenvalue weighted by Crippen LogP contribution is 2.43. The second-order valence-corrected chi connectivity index (χ2v) is 5.44. The van der Waals surface area contributed by atoms with Crippen molar-refractivity contribution in [3.05, 3.63) is 18.6 Å². The Hall–Kier alpha value is -1.20. The third-order valence-electron chi connectivity index (χ3n) is 4.52. The van der Waals surface area contributed by atoms with E-state index in [9.17, 15) is 5.11 Å². The summed E-state index contributed by atoms with van der Waals surface area (Å²) in [5.41, 5.74) is 0.269. The lowest BCUT2D eigenvalue weighted by molar-refractivity contribution is 0.1000. The van der Waals surface area contributed by atoms with E-state index in [0.29, 0.717) is 5.92 Å². The molecule has 0 radical (unpaired) electrons. The lowest BCUT2D eigenvalue weighted by Crippen LogP contribution is -2.43. The van der Waals surface area contributed by atoms with Crippen molar-refractivity contribution >= 4 is 5.82 Å². The summed E-state index contributed by atoms with van der Waals surface area (Å²) in [7, 11) is 0. The minimum Gasteiger partial charge on any atom is -0.396 e. The average molecular weight is 248 g/mol. The Kier molecular flexibility index (Phi) is 3.18. The van der Waals surface area contributed by atoms with Gasteiger partial charge in [-0.15, -0.1) is 0 Å². The second kappa shape index (κ2) is 4.82. The van der Waals surface area contributed by atoms with Gasteiger partial charge in [-0.2, -0.15) is 0 Å². The summed E-state index contributed by atoms with van der Waals surface area (Å²) < 4.78 is 0. The van der Waals surface area contributed by atoms with E-state index in [1.165, 1.54) is 0 Å². The van der Waals surface area contributed by atoms with Crippen LogP contribution in [0.25, 0.3) is 0 Å². The third kappa shape index (κ3) is 1.97. The van der Waals surface area contributed by atoms with Crippen LogP contribution in [-0.4, -0.2) is 47.9 Å². The van der Waals surface area contributed by atoms with Crippen LogP contribution in [0, 0.1) is 11.3 Å². The van der Waals surface area contributed by atoms with Crippen molar-refractivity contribution in [2.75, 3.05) is 37.7 Å². The summed E-state index contributed by atoms with van der Waals surface area (Å²) in [4.78, 5) is 10.6. The fourth-order valence-corrected chi connectivity index (χ4v) is 3.42. The quantitative estimate of drug-likeness (QED) is 0.787. The number of anilines is 1. The first kappa shape index (κ1) is 11.9. The number of piperidine rings is 1. The molecule has 2 aliphatic heterocycles. The van der Waals surface area contributed by atoms with Crippen LogP contribution >= 0.6 is 0 Å². The van der Waals surface area contributed by atoms with E-state index in [-0.39, 0.29) is 12.0 Å². The predicted molar refractivity (Wildman–Crippen MR) is 69.4 cm³/mol. The number of nitrogens with zero attached hydrogens (tertiary/aromatic N) is 3. The number of hydrogen-bond donors (Lipinski definition) is 2. The lowest BCUT2D eigenvalue weighted by atomic mass is 9.71. The van der Waals surface area contributed by atoms with E-state index in [1.54, 1.807) is 12.5 Å². The van der Waals surface area contributed by atoms with Gasteiger partial charge in [-0.3, -0.25) is 0 Å². The van der Waals surface area contributed by atoms with Crippen molar-refractivity contribution < 1.29 is 5.11 Å². The number of rotatable bonds is 2. The van der Waals surface area contributed by atoms with Crippen LogP contribution in [0.2, 0.25) is 0 Å². The minimum atomic E-state index is 0.269. The first-order chi connectivity index (χ1) is 8.84. The van der Waals surface area contributed by atoms with Gasteiger partial charge < -0.3 is 15.3 Å². The molecule has 2 aliphatic rings. The first-order valence-corrected chi connectivity index (χ1v) is 6.67. The summed E-state index contributed by atoms with van der Waals surface area (Å²) in [6, 6.07) is 1.95. The van der Waals surface area contributed by atoms with Crippen molar-refractivity contribution in [1.29, 1.82) is 0 Å². The number of hydrogen-bond acceptors (Lipinski definition) is 5. The maximum absolute atomic E-state index is 9.67. The molecule has 0 unspecified atom stereocenters. The molecule has 0 aliphatic carbocycles. The molecule has 1 atom stereocenters. The van der Waals surface area contributed by atoms with Crippen LogP contribution in [0.1, 0.15) is 12.8 Å². The summed E-state index contributed by atoms with van der Waals surface area (Å²) in [6.07, 6.45) is 5.68. The largest absolute Gasteiger partial charge is 0.396 e. The van der Waals surface area contributed by atoms with Gasteiger partial charge in [0.15, 0.2) is 0 Å². The fraction of sp³-hybridized carbons (Fsp3) is 0.692. The van der Waals surface area contributed by atoms with Gasteiger partial charge >= 0.3 is 0 Å². The molecule has 3 rings (SSSR count). The van der Waals surface area contributed by atoms with Crippen molar-refractivity contribution in [2.45, 2.75) is 12.8 Å². The van der Waals surface area contributed by atoms with E-state index in [1.807, 2.05) is 6.07 Å². The highest BCUT2D eigenvalue weighted by atomic mass is 16.3. The highest BCUT2D eigenvalue weighted by Gasteiger charge is 2.46. The molecule has 1 aromatic rings. The summed E-state index contributed by atoms with van der Waals surface area (Å²) in [5, 5.41) is 13.1. The third-order valence-corrected chi connectivity index (χ3v) is 4.52. The van der Waals surface area contributed by atoms with Gasteiger partial charge in [0.2, 0.25) is 0 Å². The zero-order valence-electron chi connectivity index (χ0n) is 10.5. The molecule has 5 heteroatoms. The normalized spacial score (nSPS) is 26.7. The molecule has 0 saturated carbocycles. The minimum absolute atomic E-state index is 0.269. The molecule has 98 valence electrons. The summed E-state index contributed by atoms with van der Waals surface area (Å²) in [6.45, 7) is 4.33. The van der Waals surface area contributed by atoms with Gasteiger partial charge in [-0.1, -0.05) is 0 Å². The predicted octanol–water partition coefficient (Wildman–Crippen LogP) is 0.275. The van der Waals surface area contributed by atoms with Crippen LogP contribution in [0.3, 0.4) is 0 Å². The zero-order valence-corrected chi connectivity index (χ0v) is 10.5. The molecule has 18 heavy (non-hydrogen) atoms. The molecule has 0 bridgehead atoms. The van der Waals surface area contributed by atoms with E-state index in [2.05, 4.69) is 20.2 Å². The van der Waals surface area contributed by atoms with Gasteiger partial charge in [0.1, 0.15) is 12.1 Å². The van der Waals surface area contributed by atoms with Gasteiger partial charge in [-0.25, -0.2) is 9.97 Å². The zero-order chi connectivity index (χ0) is 12.4. The molecule has 2 fully saturated rings. The van der Waals surface area contributed by atoms with Crippen molar-refractivity contribution in [1.82, 2.24) is 15.3 Å². The monoisotopic (exact) mass is 248 g/mol. The number of nitrogens with one attached hydrogen (secondary N) is 1. The van der Waals surface area contributed by atoms with E-state index < -0.39 is 0 Å². The molecular weight excluding hydrogens is 228 g/mol. The summed E-state index contributed by atoms with van der Waals surface area (Å²) in [5.74, 6) is 1.36. The standard InChI is InChI=1S/C13H20N4O/c18-8-11-7-17(12-1-4-15-10-16-12)9-13(11)2-5-14-6-3-13/h1,4,10-11,14,18H,2-3,5-9H2/t11-/m0/s1. The maximum Gasteiger partial charge on any atom is 0.131 e. The van der Waals surface area contributed by atoms with E-state index in [0.717, 1.165) is 44.8 Å². The Morgan fingerprint density at radius 1 is 1.44 bits per heavy atom. The number of aliphatic hydroxyl groups excluding tert-OH is 1. The number of aliphatic hydroxyl groups is 1. The van der Waals surface area contributed by atoms with Crippen LogP contribution in [0.15, 0.2) is 18.6 Å². The molecule has 1 spiro atoms. The smallest absolute Gasteiger partial charge is 0.131 e. The second-order valence-electron chi connectivity index (χ2n) is 5.44. The van der Waals surface area contributed by atoms with Crippen LogP contribution < -0.4 is 10.2 Å². The topological polar surface area (TPSA) is 61.3 Å². The molecule has 3 heterocycles. The van der Waals surface area contributed by atoms with Gasteiger partial charge in [0.05, 0.1) is 0 Å².